The molecule has 2 N–H and O–H groups in total. The van der Waals surface area contributed by atoms with Gasteiger partial charge in [-0.05, 0) is 30.5 Å². The van der Waals surface area contributed by atoms with Gasteiger partial charge in [0.25, 0.3) is 0 Å². The molecule has 86 valence electrons. The Morgan fingerprint density at radius 1 is 1.62 bits per heavy atom. The molecule has 1 aliphatic rings. The molecular weight excluding hydrogens is 226 g/mol. The van der Waals surface area contributed by atoms with Crippen molar-refractivity contribution in [2.75, 3.05) is 5.32 Å². The van der Waals surface area contributed by atoms with E-state index in [0.29, 0.717) is 22.7 Å². The second kappa shape index (κ2) is 4.34. The van der Waals surface area contributed by atoms with Crippen molar-refractivity contribution in [2.45, 2.75) is 25.8 Å². The van der Waals surface area contributed by atoms with Gasteiger partial charge in [-0.1, -0.05) is 24.9 Å². The van der Waals surface area contributed by atoms with E-state index in [1.54, 1.807) is 12.1 Å². The van der Waals surface area contributed by atoms with Crippen LogP contribution in [0.25, 0.3) is 0 Å². The fourth-order valence-corrected chi connectivity index (χ4v) is 2.07. The van der Waals surface area contributed by atoms with Crippen molar-refractivity contribution in [3.63, 3.8) is 0 Å². The number of carboxylic acids is 1. The molecule has 1 fully saturated rings. The summed E-state index contributed by atoms with van der Waals surface area (Å²) in [5, 5.41) is 12.8. The number of hydrogen-bond donors (Lipinski definition) is 2. The molecule has 2 rings (SSSR count). The average Bonchev–Trinajstić information content (AvgIpc) is 2.99. The molecule has 0 radical (unpaired) electrons. The third-order valence-electron chi connectivity index (χ3n) is 3.00. The lowest BCUT2D eigenvalue weighted by Gasteiger charge is -2.09. The molecule has 2 atom stereocenters. The first-order valence-electron chi connectivity index (χ1n) is 5.41. The number of nitrogens with one attached hydrogen (secondary N) is 1. The Hall–Kier alpha value is -1.22. The van der Waals surface area contributed by atoms with E-state index in [-0.39, 0.29) is 5.56 Å². The Balaban J connectivity index is 2.17. The molecule has 1 saturated carbocycles. The van der Waals surface area contributed by atoms with Gasteiger partial charge < -0.3 is 10.4 Å². The number of carbonyl (C=O) groups is 1. The predicted molar refractivity (Wildman–Crippen MR) is 64.2 cm³/mol. The van der Waals surface area contributed by atoms with Crippen LogP contribution in [0.5, 0.6) is 0 Å². The van der Waals surface area contributed by atoms with Gasteiger partial charge in [0.2, 0.25) is 0 Å². The fourth-order valence-electron chi connectivity index (χ4n) is 1.89. The van der Waals surface area contributed by atoms with Crippen molar-refractivity contribution in [3.8, 4) is 0 Å². The number of hydrogen-bond acceptors (Lipinski definition) is 2. The van der Waals surface area contributed by atoms with Gasteiger partial charge in [0.05, 0.1) is 5.56 Å². The Morgan fingerprint density at radius 3 is 2.94 bits per heavy atom. The minimum Gasteiger partial charge on any atom is -0.478 e. The number of rotatable bonds is 4. The summed E-state index contributed by atoms with van der Waals surface area (Å²) in [5.74, 6) is -0.268. The zero-order chi connectivity index (χ0) is 11.7. The number of anilines is 1. The van der Waals surface area contributed by atoms with Crippen molar-refractivity contribution >= 4 is 23.3 Å². The molecule has 3 nitrogen and oxygen atoms in total. The number of carboxylic acid groups (broad SMARTS) is 1. The van der Waals surface area contributed by atoms with Crippen LogP contribution < -0.4 is 5.32 Å². The second-order valence-corrected chi connectivity index (χ2v) is 4.59. The van der Waals surface area contributed by atoms with E-state index in [2.05, 4.69) is 12.2 Å². The highest BCUT2D eigenvalue weighted by Crippen LogP contribution is 2.37. The van der Waals surface area contributed by atoms with Crippen LogP contribution in [0.15, 0.2) is 18.2 Å². The van der Waals surface area contributed by atoms with E-state index in [0.717, 1.165) is 12.8 Å². The summed E-state index contributed by atoms with van der Waals surface area (Å²) in [5.41, 5.74) is 0.909. The van der Waals surface area contributed by atoms with Gasteiger partial charge in [0.15, 0.2) is 0 Å². The van der Waals surface area contributed by atoms with Gasteiger partial charge in [-0.3, -0.25) is 0 Å². The molecule has 2 unspecified atom stereocenters. The number of aromatic carboxylic acids is 1. The smallest absolute Gasteiger partial charge is 0.337 e. The summed E-state index contributed by atoms with van der Waals surface area (Å²) in [7, 11) is 0. The zero-order valence-corrected chi connectivity index (χ0v) is 9.79. The molecule has 4 heteroatoms. The fraction of sp³-hybridized carbons (Fsp3) is 0.417. The summed E-state index contributed by atoms with van der Waals surface area (Å²) in [6.07, 6.45) is 2.26. The lowest BCUT2D eigenvalue weighted by atomic mass is 10.1. The van der Waals surface area contributed by atoms with Crippen LogP contribution in [0.3, 0.4) is 0 Å². The van der Waals surface area contributed by atoms with Gasteiger partial charge in [-0.15, -0.1) is 0 Å². The molecular formula is C12H14ClNO2. The largest absolute Gasteiger partial charge is 0.478 e. The van der Waals surface area contributed by atoms with Crippen LogP contribution in [-0.4, -0.2) is 17.1 Å². The van der Waals surface area contributed by atoms with Crippen molar-refractivity contribution in [2.24, 2.45) is 5.92 Å². The van der Waals surface area contributed by atoms with E-state index >= 15 is 0 Å². The minimum atomic E-state index is -0.946. The molecule has 0 saturated heterocycles. The summed E-state index contributed by atoms with van der Waals surface area (Å²) in [6.45, 7) is 2.15. The molecule has 1 aromatic carbocycles. The van der Waals surface area contributed by atoms with Gasteiger partial charge in [0, 0.05) is 16.8 Å². The van der Waals surface area contributed by atoms with E-state index in [1.165, 1.54) is 6.07 Å². The normalized spacial score (nSPS) is 22.9. The monoisotopic (exact) mass is 239 g/mol. The summed E-state index contributed by atoms with van der Waals surface area (Å²) < 4.78 is 0. The molecule has 0 amide bonds. The summed E-state index contributed by atoms with van der Waals surface area (Å²) in [4.78, 5) is 11.0. The van der Waals surface area contributed by atoms with E-state index in [9.17, 15) is 4.79 Å². The predicted octanol–water partition coefficient (Wildman–Crippen LogP) is 3.25. The van der Waals surface area contributed by atoms with Crippen LogP contribution >= 0.6 is 11.6 Å². The van der Waals surface area contributed by atoms with Gasteiger partial charge >= 0.3 is 5.97 Å². The molecule has 0 bridgehead atoms. The maximum atomic E-state index is 11.0. The lowest BCUT2D eigenvalue weighted by molar-refractivity contribution is 0.0698. The first kappa shape index (κ1) is 11.3. The van der Waals surface area contributed by atoms with Crippen molar-refractivity contribution in [1.82, 2.24) is 0 Å². The highest BCUT2D eigenvalue weighted by molar-refractivity contribution is 6.31. The zero-order valence-electron chi connectivity index (χ0n) is 9.03. The maximum Gasteiger partial charge on any atom is 0.337 e. The number of halogens is 1. The molecule has 16 heavy (non-hydrogen) atoms. The van der Waals surface area contributed by atoms with Crippen LogP contribution in [0, 0.1) is 5.92 Å². The van der Waals surface area contributed by atoms with Crippen molar-refractivity contribution in [1.29, 1.82) is 0 Å². The Morgan fingerprint density at radius 2 is 2.38 bits per heavy atom. The quantitative estimate of drug-likeness (QED) is 0.848. The highest BCUT2D eigenvalue weighted by atomic mass is 35.5. The van der Waals surface area contributed by atoms with Crippen LogP contribution in [0.2, 0.25) is 5.02 Å². The Kier molecular flexibility index (Phi) is 3.06. The van der Waals surface area contributed by atoms with Gasteiger partial charge in [0.1, 0.15) is 0 Å². The first-order chi connectivity index (χ1) is 7.61. The highest BCUT2D eigenvalue weighted by Gasteiger charge is 2.35. The van der Waals surface area contributed by atoms with Crippen LogP contribution in [-0.2, 0) is 0 Å². The van der Waals surface area contributed by atoms with Crippen molar-refractivity contribution in [3.05, 3.63) is 28.8 Å². The van der Waals surface area contributed by atoms with Crippen molar-refractivity contribution < 1.29 is 9.90 Å². The second-order valence-electron chi connectivity index (χ2n) is 4.15. The van der Waals surface area contributed by atoms with Gasteiger partial charge in [-0.2, -0.15) is 0 Å². The molecule has 1 aliphatic carbocycles. The van der Waals surface area contributed by atoms with E-state index < -0.39 is 5.97 Å². The molecule has 0 heterocycles. The molecule has 0 spiro atoms. The third-order valence-corrected chi connectivity index (χ3v) is 3.23. The van der Waals surface area contributed by atoms with Crippen LogP contribution in [0.1, 0.15) is 30.1 Å². The SMILES string of the molecule is CCC1CC1Nc1ccc(Cl)cc1C(=O)O. The number of benzene rings is 1. The first-order valence-corrected chi connectivity index (χ1v) is 5.79. The summed E-state index contributed by atoms with van der Waals surface area (Å²) >= 11 is 5.78. The standard InChI is InChI=1S/C12H14ClNO2/c1-2-7-5-11(7)14-10-4-3-8(13)6-9(10)12(15)16/h3-4,6-7,11,14H,2,5H2,1H3,(H,15,16). The van der Waals surface area contributed by atoms with E-state index in [1.807, 2.05) is 0 Å². The van der Waals surface area contributed by atoms with Crippen LogP contribution in [0.4, 0.5) is 5.69 Å². The Labute approximate surface area is 99.4 Å². The topological polar surface area (TPSA) is 49.3 Å². The third kappa shape index (κ3) is 2.30. The summed E-state index contributed by atoms with van der Waals surface area (Å²) in [6, 6.07) is 5.34. The molecule has 0 aromatic heterocycles. The molecule has 1 aromatic rings. The van der Waals surface area contributed by atoms with E-state index in [4.69, 9.17) is 16.7 Å². The molecule has 0 aliphatic heterocycles. The Bertz CT molecular complexity index is 419. The lowest BCUT2D eigenvalue weighted by Crippen LogP contribution is -2.09. The van der Waals surface area contributed by atoms with Gasteiger partial charge in [-0.25, -0.2) is 4.79 Å². The average molecular weight is 240 g/mol. The maximum absolute atomic E-state index is 11.0. The minimum absolute atomic E-state index is 0.245.